The Kier molecular flexibility index (Phi) is 11.3. The van der Waals surface area contributed by atoms with Crippen LogP contribution in [0.5, 0.6) is 0 Å². The number of carbonyl (C=O) groups is 1. The molecule has 1 atom stereocenters. The van der Waals surface area contributed by atoms with Gasteiger partial charge in [-0.25, -0.2) is 4.79 Å². The lowest BCUT2D eigenvalue weighted by atomic mass is 9.75. The van der Waals surface area contributed by atoms with Gasteiger partial charge in [-0.3, -0.25) is 10.1 Å². The summed E-state index contributed by atoms with van der Waals surface area (Å²) < 4.78 is 5.59. The number of rotatable bonds is 14. The monoisotopic (exact) mass is 569 g/mol. The van der Waals surface area contributed by atoms with Crippen LogP contribution in [0.3, 0.4) is 0 Å². The number of ether oxygens (including phenoxy) is 1. The van der Waals surface area contributed by atoms with E-state index >= 15 is 0 Å². The molecule has 0 N–H and O–H groups in total. The number of nitro benzene ring substituents is 1. The van der Waals surface area contributed by atoms with E-state index < -0.39 is 4.92 Å². The lowest BCUT2D eigenvalue weighted by molar-refractivity contribution is -0.384. The van der Waals surface area contributed by atoms with Gasteiger partial charge in [0.05, 0.1) is 4.92 Å². The number of hydrogen-bond donors (Lipinski definition) is 0. The Balaban J connectivity index is 1.28. The summed E-state index contributed by atoms with van der Waals surface area (Å²) in [6, 6.07) is 27.8. The third-order valence-electron chi connectivity index (χ3n) is 8.55. The molecule has 0 bridgehead atoms. The van der Waals surface area contributed by atoms with Gasteiger partial charge >= 0.3 is 6.09 Å². The van der Waals surface area contributed by atoms with Gasteiger partial charge in [0.1, 0.15) is 6.61 Å². The van der Waals surface area contributed by atoms with Gasteiger partial charge in [0.15, 0.2) is 0 Å². The maximum atomic E-state index is 13.0. The molecular weight excluding hydrogens is 526 g/mol. The molecule has 7 nitrogen and oxygen atoms in total. The van der Waals surface area contributed by atoms with E-state index in [1.54, 1.807) is 23.1 Å². The molecule has 1 unspecified atom stereocenters. The smallest absolute Gasteiger partial charge is 0.410 e. The molecule has 42 heavy (non-hydrogen) atoms. The van der Waals surface area contributed by atoms with Gasteiger partial charge in [-0.1, -0.05) is 73.7 Å². The summed E-state index contributed by atoms with van der Waals surface area (Å²) in [7, 11) is 0. The van der Waals surface area contributed by atoms with E-state index in [1.807, 2.05) is 0 Å². The Morgan fingerprint density at radius 3 is 2.26 bits per heavy atom. The van der Waals surface area contributed by atoms with E-state index in [0.29, 0.717) is 12.1 Å². The molecule has 0 aliphatic carbocycles. The molecule has 1 aliphatic rings. The molecule has 0 aromatic heterocycles. The lowest BCUT2D eigenvalue weighted by Crippen LogP contribution is -2.48. The van der Waals surface area contributed by atoms with Crippen molar-refractivity contribution in [2.75, 3.05) is 26.2 Å². The number of likely N-dealkylation sites (tertiary alicyclic amines) is 1. The zero-order valence-corrected chi connectivity index (χ0v) is 24.7. The highest BCUT2D eigenvalue weighted by molar-refractivity contribution is 5.68. The topological polar surface area (TPSA) is 75.9 Å². The first-order chi connectivity index (χ1) is 20.4. The van der Waals surface area contributed by atoms with Crippen molar-refractivity contribution >= 4 is 11.8 Å². The summed E-state index contributed by atoms with van der Waals surface area (Å²) in [6.07, 6.45) is 7.60. The fourth-order valence-corrected chi connectivity index (χ4v) is 5.89. The van der Waals surface area contributed by atoms with Crippen molar-refractivity contribution in [3.63, 3.8) is 0 Å². The predicted octanol–water partition coefficient (Wildman–Crippen LogP) is 7.55. The molecule has 1 amide bonds. The summed E-state index contributed by atoms with van der Waals surface area (Å²) in [6.45, 7) is 9.64. The molecule has 4 rings (SSSR count). The first-order valence-corrected chi connectivity index (χ1v) is 15.0. The predicted molar refractivity (Wildman–Crippen MR) is 167 cm³/mol. The van der Waals surface area contributed by atoms with Gasteiger partial charge in [-0.15, -0.1) is 6.58 Å². The number of non-ortho nitro benzene ring substituents is 1. The number of nitro groups is 1. The van der Waals surface area contributed by atoms with Crippen LogP contribution in [0.25, 0.3) is 0 Å². The Labute approximate surface area is 250 Å². The zero-order valence-electron chi connectivity index (χ0n) is 24.7. The Morgan fingerprint density at radius 2 is 1.64 bits per heavy atom. The Bertz CT molecular complexity index is 1270. The second-order valence-electron chi connectivity index (χ2n) is 11.5. The normalized spacial score (nSPS) is 15.5. The number of nitrogens with zero attached hydrogens (tertiary/aromatic N) is 3. The number of carbonyl (C=O) groups excluding carboxylic acids is 1. The highest BCUT2D eigenvalue weighted by Crippen LogP contribution is 2.34. The largest absolute Gasteiger partial charge is 0.445 e. The quantitative estimate of drug-likeness (QED) is 0.114. The maximum absolute atomic E-state index is 13.0. The van der Waals surface area contributed by atoms with Crippen LogP contribution in [-0.2, 0) is 23.2 Å². The molecule has 1 aliphatic heterocycles. The molecule has 0 radical (unpaired) electrons. The van der Waals surface area contributed by atoms with Gasteiger partial charge in [0.2, 0.25) is 0 Å². The summed E-state index contributed by atoms with van der Waals surface area (Å²) in [5, 5.41) is 10.9. The first-order valence-electron chi connectivity index (χ1n) is 15.0. The summed E-state index contributed by atoms with van der Waals surface area (Å²) in [5.74, 6) is 0. The van der Waals surface area contributed by atoms with Gasteiger partial charge in [-0.05, 0) is 79.3 Å². The third-order valence-corrected chi connectivity index (χ3v) is 8.55. The minimum Gasteiger partial charge on any atom is -0.445 e. The second kappa shape index (κ2) is 15.3. The fourth-order valence-electron chi connectivity index (χ4n) is 5.89. The Hall–Kier alpha value is -3.97. The van der Waals surface area contributed by atoms with Crippen LogP contribution < -0.4 is 0 Å². The van der Waals surface area contributed by atoms with Crippen LogP contribution in [-0.4, -0.2) is 53.0 Å². The molecule has 3 aromatic carbocycles. The standard InChI is InChI=1S/C35H43N3O4/c1-3-24-37(34(39)42-28-30-16-18-33(19-17-30)38(40)41)32-20-25-36(26-21-32)27-23-35(2,31-14-8-5-9-15-31)22-10-13-29-11-6-4-7-12-29/h3-9,11-12,14-19,32H,1,10,13,20-28H2,2H3. The van der Waals surface area contributed by atoms with Crippen molar-refractivity contribution < 1.29 is 14.5 Å². The van der Waals surface area contributed by atoms with E-state index in [0.717, 1.165) is 58.2 Å². The SMILES string of the molecule is C=CCN(C(=O)OCc1ccc([N+](=O)[O-])cc1)C1CCN(CCC(C)(CCCc2ccccc2)c2ccccc2)CC1. The number of benzene rings is 3. The highest BCUT2D eigenvalue weighted by atomic mass is 16.6. The number of aryl methyl sites for hydroxylation is 1. The maximum Gasteiger partial charge on any atom is 0.410 e. The van der Waals surface area contributed by atoms with Crippen molar-refractivity contribution in [2.24, 2.45) is 0 Å². The summed E-state index contributed by atoms with van der Waals surface area (Å²) in [5.41, 5.74) is 3.63. The molecule has 1 saturated heterocycles. The third kappa shape index (κ3) is 8.76. The van der Waals surface area contributed by atoms with E-state index in [1.165, 1.54) is 23.3 Å². The lowest BCUT2D eigenvalue weighted by Gasteiger charge is -2.39. The molecule has 1 fully saturated rings. The van der Waals surface area contributed by atoms with Crippen molar-refractivity contribution in [3.8, 4) is 0 Å². The Morgan fingerprint density at radius 1 is 1.00 bits per heavy atom. The molecule has 1 heterocycles. The molecule has 7 heteroatoms. The van der Waals surface area contributed by atoms with Gasteiger partial charge < -0.3 is 14.5 Å². The van der Waals surface area contributed by atoms with Gasteiger partial charge in [-0.2, -0.15) is 0 Å². The van der Waals surface area contributed by atoms with Crippen molar-refractivity contribution in [3.05, 3.63) is 124 Å². The highest BCUT2D eigenvalue weighted by Gasteiger charge is 2.31. The van der Waals surface area contributed by atoms with Gasteiger partial charge in [0, 0.05) is 37.8 Å². The average molecular weight is 570 g/mol. The fraction of sp³-hybridized carbons (Fsp3) is 0.400. The second-order valence-corrected chi connectivity index (χ2v) is 11.5. The molecule has 222 valence electrons. The first kappa shape index (κ1) is 31.0. The average Bonchev–Trinajstić information content (AvgIpc) is 3.03. The number of hydrogen-bond acceptors (Lipinski definition) is 5. The van der Waals surface area contributed by atoms with E-state index in [9.17, 15) is 14.9 Å². The van der Waals surface area contributed by atoms with E-state index in [2.05, 4.69) is 79.1 Å². The zero-order chi connectivity index (χ0) is 29.8. The molecule has 0 saturated carbocycles. The molecular formula is C35H43N3O4. The van der Waals surface area contributed by atoms with Crippen molar-refractivity contribution in [1.82, 2.24) is 9.80 Å². The van der Waals surface area contributed by atoms with Gasteiger partial charge in [0.25, 0.3) is 5.69 Å². The van der Waals surface area contributed by atoms with Crippen LogP contribution in [0, 0.1) is 10.1 Å². The molecule has 3 aromatic rings. The van der Waals surface area contributed by atoms with Crippen molar-refractivity contribution in [2.45, 2.75) is 63.5 Å². The number of piperidine rings is 1. The summed E-state index contributed by atoms with van der Waals surface area (Å²) in [4.78, 5) is 27.8. The van der Waals surface area contributed by atoms with Crippen LogP contribution in [0.1, 0.15) is 55.7 Å². The molecule has 0 spiro atoms. The minimum absolute atomic E-state index is 0.0152. The van der Waals surface area contributed by atoms with Crippen LogP contribution in [0.15, 0.2) is 97.6 Å². The minimum atomic E-state index is -0.442. The van der Waals surface area contributed by atoms with E-state index in [4.69, 9.17) is 4.74 Å². The van der Waals surface area contributed by atoms with Crippen LogP contribution in [0.2, 0.25) is 0 Å². The number of amides is 1. The van der Waals surface area contributed by atoms with Crippen LogP contribution >= 0.6 is 0 Å². The summed E-state index contributed by atoms with van der Waals surface area (Å²) >= 11 is 0. The van der Waals surface area contributed by atoms with E-state index in [-0.39, 0.29) is 29.8 Å². The van der Waals surface area contributed by atoms with Crippen LogP contribution in [0.4, 0.5) is 10.5 Å². The van der Waals surface area contributed by atoms with Crippen molar-refractivity contribution in [1.29, 1.82) is 0 Å².